The number of guanidine groups is 1. The molecule has 2 aliphatic rings. The Morgan fingerprint density at radius 3 is 2.45 bits per heavy atom. The van der Waals surface area contributed by atoms with Crippen molar-refractivity contribution in [3.63, 3.8) is 0 Å². The summed E-state index contributed by atoms with van der Waals surface area (Å²) in [7, 11) is 5.86. The number of nitrogens with zero attached hydrogens (tertiary/aromatic N) is 3. The Morgan fingerprint density at radius 2 is 1.84 bits per heavy atom. The lowest BCUT2D eigenvalue weighted by Crippen LogP contribution is -2.50. The van der Waals surface area contributed by atoms with Crippen LogP contribution in [-0.2, 0) is 0 Å². The van der Waals surface area contributed by atoms with Gasteiger partial charge in [0, 0.05) is 38.8 Å². The second-order valence-electron chi connectivity index (χ2n) is 8.81. The zero-order valence-corrected chi connectivity index (χ0v) is 22.1. The average Bonchev–Trinajstić information content (AvgIpc) is 2.78. The van der Waals surface area contributed by atoms with Crippen molar-refractivity contribution in [1.29, 1.82) is 0 Å². The van der Waals surface area contributed by atoms with Crippen LogP contribution >= 0.6 is 24.0 Å². The van der Waals surface area contributed by atoms with E-state index in [1.807, 2.05) is 7.05 Å². The van der Waals surface area contributed by atoms with Gasteiger partial charge in [0.15, 0.2) is 5.96 Å². The lowest BCUT2D eigenvalue weighted by atomic mass is 9.85. The molecule has 0 saturated carbocycles. The fraction of sp³-hybridized carbons (Fsp3) is 0.708. The Balaban J connectivity index is 0.00000341. The summed E-state index contributed by atoms with van der Waals surface area (Å²) in [5.41, 5.74) is 1.37. The van der Waals surface area contributed by atoms with Gasteiger partial charge in [-0.2, -0.15) is 0 Å². The highest BCUT2D eigenvalue weighted by molar-refractivity contribution is 14.0. The highest BCUT2D eigenvalue weighted by atomic mass is 127. The van der Waals surface area contributed by atoms with E-state index < -0.39 is 0 Å². The van der Waals surface area contributed by atoms with Gasteiger partial charge in [0.2, 0.25) is 0 Å². The monoisotopic (exact) mass is 543 g/mol. The first-order valence-corrected chi connectivity index (χ1v) is 11.7. The van der Waals surface area contributed by atoms with E-state index in [0.29, 0.717) is 18.0 Å². The molecular formula is C24H42IN5O. The average molecular weight is 544 g/mol. The smallest absolute Gasteiger partial charge is 0.191 e. The van der Waals surface area contributed by atoms with E-state index in [-0.39, 0.29) is 24.0 Å². The number of aliphatic imine (C=N–C) groups is 1. The summed E-state index contributed by atoms with van der Waals surface area (Å²) in [4.78, 5) is 9.58. The normalized spacial score (nSPS) is 23.8. The predicted molar refractivity (Wildman–Crippen MR) is 141 cm³/mol. The van der Waals surface area contributed by atoms with Crippen molar-refractivity contribution in [2.24, 2.45) is 10.9 Å². The minimum atomic E-state index is 0. The summed E-state index contributed by atoms with van der Waals surface area (Å²) in [5.74, 6) is 2.43. The predicted octanol–water partition coefficient (Wildman–Crippen LogP) is 3.74. The van der Waals surface area contributed by atoms with Gasteiger partial charge in [-0.15, -0.1) is 24.0 Å². The van der Waals surface area contributed by atoms with Gasteiger partial charge in [-0.25, -0.2) is 0 Å². The van der Waals surface area contributed by atoms with Crippen molar-refractivity contribution < 1.29 is 4.74 Å². The first kappa shape index (κ1) is 26.2. The second-order valence-corrected chi connectivity index (χ2v) is 8.81. The molecular weight excluding hydrogens is 501 g/mol. The first-order valence-electron chi connectivity index (χ1n) is 11.7. The van der Waals surface area contributed by atoms with Crippen molar-refractivity contribution in [2.75, 3.05) is 53.9 Å². The number of hydrogen-bond acceptors (Lipinski definition) is 4. The number of benzene rings is 1. The summed E-state index contributed by atoms with van der Waals surface area (Å²) >= 11 is 0. The number of hydrogen-bond donors (Lipinski definition) is 2. The molecule has 2 saturated heterocycles. The van der Waals surface area contributed by atoms with Crippen LogP contribution in [0.2, 0.25) is 0 Å². The molecule has 2 N–H and O–H groups in total. The summed E-state index contributed by atoms with van der Waals surface area (Å²) in [6, 6.07) is 9.54. The zero-order valence-electron chi connectivity index (χ0n) is 19.8. The van der Waals surface area contributed by atoms with Crippen LogP contribution < -0.4 is 15.4 Å². The van der Waals surface area contributed by atoms with Gasteiger partial charge in [-0.3, -0.25) is 9.89 Å². The summed E-state index contributed by atoms with van der Waals surface area (Å²) in [6.07, 6.45) is 6.12. The van der Waals surface area contributed by atoms with Crippen LogP contribution in [0, 0.1) is 5.92 Å². The number of halogens is 1. The van der Waals surface area contributed by atoms with E-state index in [4.69, 9.17) is 4.74 Å². The van der Waals surface area contributed by atoms with Crippen LogP contribution in [-0.4, -0.2) is 75.7 Å². The highest BCUT2D eigenvalue weighted by Gasteiger charge is 2.30. The van der Waals surface area contributed by atoms with E-state index in [0.717, 1.165) is 24.8 Å². The van der Waals surface area contributed by atoms with Crippen LogP contribution in [0.1, 0.15) is 50.6 Å². The fourth-order valence-electron chi connectivity index (χ4n) is 5.03. The Bertz CT molecular complexity index is 660. The fourth-order valence-corrected chi connectivity index (χ4v) is 5.03. The molecule has 0 spiro atoms. The van der Waals surface area contributed by atoms with E-state index in [1.54, 1.807) is 7.11 Å². The molecule has 0 aliphatic carbocycles. The second kappa shape index (κ2) is 13.5. The molecule has 2 fully saturated rings. The van der Waals surface area contributed by atoms with E-state index >= 15 is 0 Å². The third kappa shape index (κ3) is 7.49. The Morgan fingerprint density at radius 1 is 1.13 bits per heavy atom. The van der Waals surface area contributed by atoms with Gasteiger partial charge in [0.25, 0.3) is 0 Å². The van der Waals surface area contributed by atoms with Crippen LogP contribution in [0.5, 0.6) is 5.75 Å². The molecule has 2 atom stereocenters. The third-order valence-corrected chi connectivity index (χ3v) is 6.69. The number of methoxy groups -OCH3 is 1. The van der Waals surface area contributed by atoms with Gasteiger partial charge in [-0.1, -0.05) is 19.1 Å². The van der Waals surface area contributed by atoms with Gasteiger partial charge < -0.3 is 20.3 Å². The van der Waals surface area contributed by atoms with E-state index in [1.165, 1.54) is 57.3 Å². The zero-order chi connectivity index (χ0) is 21.3. The molecule has 0 radical (unpaired) electrons. The van der Waals surface area contributed by atoms with E-state index in [9.17, 15) is 0 Å². The van der Waals surface area contributed by atoms with Crippen molar-refractivity contribution in [1.82, 2.24) is 20.4 Å². The molecule has 1 aromatic rings. The lowest BCUT2D eigenvalue weighted by molar-refractivity contribution is 0.122. The van der Waals surface area contributed by atoms with Gasteiger partial charge in [-0.05, 0) is 75.9 Å². The standard InChI is InChI=1S/C24H41N5O.HI/c1-5-14-29-16-12-21(13-17-29)27-24(25-2)26-18-20-7-6-15-28(3)23(20)19-8-10-22(30-4)11-9-19;/h8-11,20-21,23H,5-7,12-18H2,1-4H3,(H2,25,26,27);1H. The molecule has 2 heterocycles. The summed E-state index contributed by atoms with van der Waals surface area (Å²) in [5, 5.41) is 7.31. The molecule has 0 amide bonds. The summed E-state index contributed by atoms with van der Waals surface area (Å²) in [6.45, 7) is 7.95. The van der Waals surface area contributed by atoms with Gasteiger partial charge in [0.1, 0.15) is 5.75 Å². The maximum Gasteiger partial charge on any atom is 0.191 e. The molecule has 1 aromatic carbocycles. The molecule has 176 valence electrons. The van der Waals surface area contributed by atoms with Crippen molar-refractivity contribution >= 4 is 29.9 Å². The third-order valence-electron chi connectivity index (χ3n) is 6.69. The molecule has 2 unspecified atom stereocenters. The Kier molecular flexibility index (Phi) is 11.4. The minimum Gasteiger partial charge on any atom is -0.497 e. The van der Waals surface area contributed by atoms with Crippen LogP contribution in [0.15, 0.2) is 29.3 Å². The van der Waals surface area contributed by atoms with Crippen molar-refractivity contribution in [3.05, 3.63) is 29.8 Å². The number of rotatable bonds is 7. The molecule has 2 aliphatic heterocycles. The number of likely N-dealkylation sites (tertiary alicyclic amines) is 2. The Hall–Kier alpha value is -1.06. The van der Waals surface area contributed by atoms with Crippen LogP contribution in [0.4, 0.5) is 0 Å². The van der Waals surface area contributed by atoms with Crippen LogP contribution in [0.3, 0.4) is 0 Å². The molecule has 31 heavy (non-hydrogen) atoms. The van der Waals surface area contributed by atoms with Crippen LogP contribution in [0.25, 0.3) is 0 Å². The topological polar surface area (TPSA) is 52.1 Å². The quantitative estimate of drug-likeness (QED) is 0.312. The molecule has 0 aromatic heterocycles. The molecule has 7 heteroatoms. The lowest BCUT2D eigenvalue weighted by Gasteiger charge is -2.40. The number of ether oxygens (including phenoxy) is 1. The summed E-state index contributed by atoms with van der Waals surface area (Å²) < 4.78 is 5.34. The SMILES string of the molecule is CCCN1CCC(NC(=NC)NCC2CCCN(C)C2c2ccc(OC)cc2)CC1.I. The molecule has 6 nitrogen and oxygen atoms in total. The first-order chi connectivity index (χ1) is 14.6. The Labute approximate surface area is 206 Å². The van der Waals surface area contributed by atoms with E-state index in [2.05, 4.69) is 63.7 Å². The highest BCUT2D eigenvalue weighted by Crippen LogP contribution is 2.35. The maximum absolute atomic E-state index is 5.34. The van der Waals surface area contributed by atoms with Crippen molar-refractivity contribution in [2.45, 2.75) is 51.1 Å². The largest absolute Gasteiger partial charge is 0.497 e. The molecule has 3 rings (SSSR count). The van der Waals surface area contributed by atoms with Gasteiger partial charge >= 0.3 is 0 Å². The maximum atomic E-state index is 5.34. The molecule has 0 bridgehead atoms. The number of piperidine rings is 2. The van der Waals surface area contributed by atoms with Crippen molar-refractivity contribution in [3.8, 4) is 5.75 Å². The van der Waals surface area contributed by atoms with Gasteiger partial charge in [0.05, 0.1) is 7.11 Å². The minimum absolute atomic E-state index is 0. The number of nitrogens with one attached hydrogen (secondary N) is 2.